The number of aromatic nitrogens is 4. The molecule has 4 aliphatic heterocycles. The van der Waals surface area contributed by atoms with Crippen LogP contribution in [0.3, 0.4) is 0 Å². The first-order valence-electron chi connectivity index (χ1n) is 32.5. The summed E-state index contributed by atoms with van der Waals surface area (Å²) >= 11 is 0. The molecule has 0 unspecified atom stereocenters. The molecule has 1 N–H and O–H groups in total. The van der Waals surface area contributed by atoms with E-state index in [4.69, 9.17) is 18.9 Å². The summed E-state index contributed by atoms with van der Waals surface area (Å²) in [6, 6.07) is 11.7. The van der Waals surface area contributed by atoms with Gasteiger partial charge < -0.3 is 48.6 Å². The number of carbonyl (C=O) groups excluding carboxylic acids is 3. The van der Waals surface area contributed by atoms with Crippen molar-refractivity contribution < 1.29 is 64.8 Å². The number of aryl methyl sites for hydroxylation is 2. The first-order valence-corrected chi connectivity index (χ1v) is 32.5. The Balaban J connectivity index is 0.000000201. The number of halogens is 6. The maximum absolute atomic E-state index is 17.6. The number of piperazine rings is 1. The van der Waals surface area contributed by atoms with Gasteiger partial charge in [-0.25, -0.2) is 31.1 Å². The van der Waals surface area contributed by atoms with Gasteiger partial charge in [-0.15, -0.1) is 0 Å². The summed E-state index contributed by atoms with van der Waals surface area (Å²) in [4.78, 5) is 86.9. The van der Waals surface area contributed by atoms with E-state index < -0.39 is 110 Å². The van der Waals surface area contributed by atoms with Gasteiger partial charge in [0.2, 0.25) is 0 Å². The van der Waals surface area contributed by atoms with Crippen molar-refractivity contribution in [2.75, 3.05) is 86.7 Å². The number of amides is 1. The molecule has 1 amide bonds. The molecule has 8 aromatic rings. The maximum atomic E-state index is 17.6. The van der Waals surface area contributed by atoms with E-state index in [1.54, 1.807) is 68.9 Å². The van der Waals surface area contributed by atoms with Gasteiger partial charge in [0.15, 0.2) is 11.6 Å². The Kier molecular flexibility index (Phi) is 19.1. The molecule has 2 saturated heterocycles. The molecule has 8 heterocycles. The van der Waals surface area contributed by atoms with Crippen molar-refractivity contribution >= 4 is 62.6 Å². The number of carbonyl (C=O) groups is 3. The smallest absolute Gasteiger partial charge is 0.410 e. The molecule has 4 atom stereocenters. The molecular weight excluding hydrogens is 1280 g/mol. The van der Waals surface area contributed by atoms with Gasteiger partial charge in [-0.2, -0.15) is 0 Å². The Bertz CT molecular complexity index is 4650. The monoisotopic (exact) mass is 1360 g/mol. The molecule has 0 bridgehead atoms. The fraction of sp³-hybridized carbons (Fsp3) is 0.411. The van der Waals surface area contributed by atoms with Crippen LogP contribution in [0.5, 0.6) is 11.5 Å². The average molecular weight is 1360 g/mol. The van der Waals surface area contributed by atoms with Crippen LogP contribution in [0, 0.1) is 54.7 Å². The second-order valence-electron chi connectivity index (χ2n) is 27.2. The number of phenolic OH excluding ortho intramolecular Hbond substituents is 1. The minimum Gasteiger partial charge on any atom is -0.507 e. The average Bonchev–Trinajstić information content (AvgIpc) is 0.710. The van der Waals surface area contributed by atoms with Crippen molar-refractivity contribution in [3.05, 3.63) is 151 Å². The lowest BCUT2D eigenvalue weighted by Crippen LogP contribution is -2.65. The molecule has 0 spiro atoms. The lowest BCUT2D eigenvalue weighted by atomic mass is 9.89. The molecule has 98 heavy (non-hydrogen) atoms. The highest BCUT2D eigenvalue weighted by Crippen LogP contribution is 2.50. The number of ether oxygens (including phenoxy) is 4. The third-order valence-corrected chi connectivity index (χ3v) is 18.7. The highest BCUT2D eigenvalue weighted by atomic mass is 19.2. The van der Waals surface area contributed by atoms with Gasteiger partial charge in [-0.1, -0.05) is 46.8 Å². The molecule has 4 aromatic carbocycles. The number of nitrogens with zero attached hydrogens (tertiary/aromatic N) is 9. The molecule has 4 aromatic heterocycles. The van der Waals surface area contributed by atoms with Crippen LogP contribution in [0.2, 0.25) is 0 Å². The summed E-state index contributed by atoms with van der Waals surface area (Å²) in [6.45, 7) is 20.9. The number of phenols is 1. The number of aromatic hydroxyl groups is 1. The summed E-state index contributed by atoms with van der Waals surface area (Å²) in [7, 11) is 3.75. The Labute approximate surface area is 562 Å². The van der Waals surface area contributed by atoms with Gasteiger partial charge in [-0.05, 0) is 132 Å². The minimum atomic E-state index is -1.20. The number of rotatable bonds is 11. The molecule has 0 radical (unpaired) electrons. The number of hydrogen-bond acceptors (Lipinski definition) is 16. The lowest BCUT2D eigenvalue weighted by molar-refractivity contribution is -0.139. The van der Waals surface area contributed by atoms with Crippen LogP contribution < -0.4 is 35.5 Å². The number of anilines is 4. The largest absolute Gasteiger partial charge is 0.507 e. The molecule has 2 fully saturated rings. The van der Waals surface area contributed by atoms with Gasteiger partial charge in [0, 0.05) is 68.0 Å². The number of fused-ring (bicyclic) bond motifs is 10. The minimum absolute atomic E-state index is 0.00380. The molecule has 0 saturated carbocycles. The van der Waals surface area contributed by atoms with E-state index in [2.05, 4.69) is 16.9 Å². The zero-order valence-electron chi connectivity index (χ0n) is 57.2. The van der Waals surface area contributed by atoms with Crippen LogP contribution in [0.25, 0.3) is 55.4 Å². The van der Waals surface area contributed by atoms with E-state index in [0.29, 0.717) is 47.0 Å². The van der Waals surface area contributed by atoms with E-state index in [0.717, 1.165) is 43.2 Å². The highest BCUT2D eigenvalue weighted by molar-refractivity contribution is 6.05. The molecule has 12 rings (SSSR count). The summed E-state index contributed by atoms with van der Waals surface area (Å²) in [5.74, 6) is -8.71. The van der Waals surface area contributed by atoms with Crippen LogP contribution in [-0.4, -0.2) is 138 Å². The molecule has 0 aliphatic carbocycles. The maximum Gasteiger partial charge on any atom is 0.410 e. The normalized spacial score (nSPS) is 17.5. The summed E-state index contributed by atoms with van der Waals surface area (Å²) in [5.41, 5.74) is -1.90. The van der Waals surface area contributed by atoms with Crippen LogP contribution in [0.4, 0.5) is 53.9 Å². The zero-order chi connectivity index (χ0) is 71.0. The Hall–Kier alpha value is -9.81. The second kappa shape index (κ2) is 26.9. The molecular formula is C73H79F6N9O10. The summed E-state index contributed by atoms with van der Waals surface area (Å²) in [6.07, 6.45) is 4.30. The van der Waals surface area contributed by atoms with Crippen LogP contribution in [0.1, 0.15) is 110 Å². The number of piperidine rings is 1. The van der Waals surface area contributed by atoms with Crippen LogP contribution >= 0.6 is 0 Å². The van der Waals surface area contributed by atoms with Crippen molar-refractivity contribution in [3.63, 3.8) is 0 Å². The SMILES string of the molecule is COC(=O)CN1C[C@H]2CC[C@H](C)CN2c2c1c(=O)n(-c1c(C)ccnc1C(C)C)c1c(F)c(-c3c(O)cccc3F)c(F)cc21.COC(=O)CN1C[C@H]2CN(C(=O)OC(C)(C)C)[C@H](C)CN2c2c1c(=O)n(-c1c(C)ccnc1C(C)C)c1c(F)c(-c3c(F)cccc3OC)c(F)cc21. The van der Waals surface area contributed by atoms with E-state index in [-0.39, 0.29) is 107 Å². The first kappa shape index (κ1) is 69.5. The Morgan fingerprint density at radius 1 is 0.582 bits per heavy atom. The number of methoxy groups -OCH3 is 3. The van der Waals surface area contributed by atoms with Crippen molar-refractivity contribution in [1.82, 2.24) is 24.0 Å². The van der Waals surface area contributed by atoms with Crippen LogP contribution in [-0.2, 0) is 23.8 Å². The van der Waals surface area contributed by atoms with Gasteiger partial charge in [-0.3, -0.25) is 38.3 Å². The number of hydrogen-bond donors (Lipinski definition) is 1. The number of pyridine rings is 4. The van der Waals surface area contributed by atoms with Crippen molar-refractivity contribution in [2.45, 2.75) is 125 Å². The van der Waals surface area contributed by atoms with Gasteiger partial charge in [0.1, 0.15) is 64.8 Å². The molecule has 25 heteroatoms. The Morgan fingerprint density at radius 3 is 1.52 bits per heavy atom. The zero-order valence-corrected chi connectivity index (χ0v) is 57.2. The molecule has 4 aliphatic rings. The van der Waals surface area contributed by atoms with Gasteiger partial charge in [0.05, 0.1) is 94.8 Å². The van der Waals surface area contributed by atoms with Gasteiger partial charge in [0.25, 0.3) is 11.1 Å². The fourth-order valence-corrected chi connectivity index (χ4v) is 14.3. The van der Waals surface area contributed by atoms with Gasteiger partial charge >= 0.3 is 18.0 Å². The summed E-state index contributed by atoms with van der Waals surface area (Å²) in [5, 5.41) is 10.7. The van der Waals surface area contributed by atoms with E-state index in [1.165, 1.54) is 53.6 Å². The van der Waals surface area contributed by atoms with E-state index >= 15 is 31.1 Å². The number of benzene rings is 4. The fourth-order valence-electron chi connectivity index (χ4n) is 14.3. The van der Waals surface area contributed by atoms with Crippen molar-refractivity contribution in [1.29, 1.82) is 0 Å². The predicted molar refractivity (Wildman–Crippen MR) is 363 cm³/mol. The van der Waals surface area contributed by atoms with E-state index in [1.807, 2.05) is 44.4 Å². The summed E-state index contributed by atoms with van der Waals surface area (Å²) < 4.78 is 122. The highest BCUT2D eigenvalue weighted by Gasteiger charge is 2.46. The van der Waals surface area contributed by atoms with E-state index in [9.17, 15) is 24.3 Å². The first-order chi connectivity index (χ1) is 46.4. The van der Waals surface area contributed by atoms with Crippen LogP contribution in [0.15, 0.2) is 82.6 Å². The third kappa shape index (κ3) is 12.2. The Morgan fingerprint density at radius 2 is 1.05 bits per heavy atom. The third-order valence-electron chi connectivity index (χ3n) is 18.7. The lowest BCUT2D eigenvalue weighted by Gasteiger charge is -2.51. The predicted octanol–water partition coefficient (Wildman–Crippen LogP) is 12.9. The topological polar surface area (TPSA) is 194 Å². The molecule has 19 nitrogen and oxygen atoms in total. The standard InChI is InChI=1S/C39H44F3N5O6.C34H35F3N4O4/c1-20(2)32-33(21(3)13-14-43-32)47-34-24(15-26(41)30(31(34)42)29-25(40)11-10-12-27(29)51-8)35-36(37(47)49)44(19-28(48)52-9)17-23-18-45(22(4)16-46(23)35)38(50)53-39(5,6)7;1-17(2)29-30(19(4)11-12-38-29)41-31-21(13-23(36)27(28(31)37)26-22(35)7-6-8-24(26)42)32-33(34(41)44)39(16-25(43)45-5)15-20-10-9-18(3)14-40(20)32/h10-15,20,22-23H,16-19H2,1-9H3;6-8,11-13,17-18,20,42H,9-10,14-16H2,1-5H3/t22-,23+;18-,20+/m10/s1. The van der Waals surface area contributed by atoms with Crippen molar-refractivity contribution in [2.24, 2.45) is 5.92 Å². The second-order valence-corrected chi connectivity index (χ2v) is 27.2. The molecule has 518 valence electrons. The van der Waals surface area contributed by atoms with Crippen molar-refractivity contribution in [3.8, 4) is 45.1 Å². The number of esters is 2. The quantitative estimate of drug-likeness (QED) is 0.0729.